The molecule has 2 rings (SSSR count). The summed E-state index contributed by atoms with van der Waals surface area (Å²) >= 11 is 0. The number of nitrogens with zero attached hydrogens (tertiary/aromatic N) is 1. The van der Waals surface area contributed by atoms with Gasteiger partial charge in [-0.25, -0.2) is 13.2 Å². The van der Waals surface area contributed by atoms with E-state index in [0.717, 1.165) is 19.3 Å². The standard InChI is InChI=1S/C18H26N2O6S/c1-3-25-13-18(22)26-12-17(21)19-16-11-15(8-7-14(16)2)27(23,24)20-9-5-4-6-10-20/h7-8,11H,3-6,9-10,12-13H2,1-2H3,(H,19,21). The molecular weight excluding hydrogens is 372 g/mol. The fourth-order valence-electron chi connectivity index (χ4n) is 2.71. The number of benzene rings is 1. The van der Waals surface area contributed by atoms with Crippen molar-refractivity contribution in [1.82, 2.24) is 4.31 Å². The first kappa shape index (κ1) is 21.3. The first-order valence-corrected chi connectivity index (χ1v) is 10.4. The highest BCUT2D eigenvalue weighted by atomic mass is 32.2. The summed E-state index contributed by atoms with van der Waals surface area (Å²) < 4.78 is 36.7. The summed E-state index contributed by atoms with van der Waals surface area (Å²) in [6.07, 6.45) is 2.73. The monoisotopic (exact) mass is 398 g/mol. The third kappa shape index (κ3) is 6.02. The van der Waals surface area contributed by atoms with Crippen LogP contribution in [0.15, 0.2) is 23.1 Å². The molecule has 1 aromatic carbocycles. The van der Waals surface area contributed by atoms with E-state index in [0.29, 0.717) is 30.9 Å². The van der Waals surface area contributed by atoms with Gasteiger partial charge in [-0.05, 0) is 44.4 Å². The lowest BCUT2D eigenvalue weighted by atomic mass is 10.2. The number of amides is 1. The normalized spacial score (nSPS) is 15.3. The molecule has 1 saturated heterocycles. The largest absolute Gasteiger partial charge is 0.454 e. The van der Waals surface area contributed by atoms with Crippen LogP contribution < -0.4 is 5.32 Å². The lowest BCUT2D eigenvalue weighted by Gasteiger charge is -2.26. The van der Waals surface area contributed by atoms with Crippen LogP contribution in [0.25, 0.3) is 0 Å². The van der Waals surface area contributed by atoms with Gasteiger partial charge in [0.1, 0.15) is 6.61 Å². The third-order valence-electron chi connectivity index (χ3n) is 4.22. The average Bonchev–Trinajstić information content (AvgIpc) is 2.67. The highest BCUT2D eigenvalue weighted by Crippen LogP contribution is 2.25. The first-order chi connectivity index (χ1) is 12.8. The molecule has 0 bridgehead atoms. The van der Waals surface area contributed by atoms with Crippen LogP contribution in [0.1, 0.15) is 31.7 Å². The van der Waals surface area contributed by atoms with E-state index in [-0.39, 0.29) is 11.5 Å². The number of esters is 1. The minimum absolute atomic E-state index is 0.138. The molecule has 0 spiro atoms. The molecule has 1 fully saturated rings. The summed E-state index contributed by atoms with van der Waals surface area (Å²) in [6, 6.07) is 4.63. The van der Waals surface area contributed by atoms with E-state index in [2.05, 4.69) is 5.32 Å². The lowest BCUT2D eigenvalue weighted by Crippen LogP contribution is -2.35. The van der Waals surface area contributed by atoms with Gasteiger partial charge >= 0.3 is 5.97 Å². The number of nitrogens with one attached hydrogen (secondary N) is 1. The van der Waals surface area contributed by atoms with Gasteiger partial charge in [0.05, 0.1) is 4.90 Å². The van der Waals surface area contributed by atoms with E-state index < -0.39 is 28.5 Å². The zero-order chi connectivity index (χ0) is 19.9. The van der Waals surface area contributed by atoms with E-state index in [9.17, 15) is 18.0 Å². The lowest BCUT2D eigenvalue weighted by molar-refractivity contribution is -0.151. The van der Waals surface area contributed by atoms with Crippen LogP contribution in [0.4, 0.5) is 5.69 Å². The molecule has 0 aliphatic carbocycles. The Hall–Kier alpha value is -1.97. The van der Waals surface area contributed by atoms with Crippen molar-refractivity contribution in [2.24, 2.45) is 0 Å². The Kier molecular flexibility index (Phi) is 7.76. The topological polar surface area (TPSA) is 102 Å². The summed E-state index contributed by atoms with van der Waals surface area (Å²) in [5.74, 6) is -1.18. The number of anilines is 1. The van der Waals surface area contributed by atoms with E-state index in [1.807, 2.05) is 0 Å². The van der Waals surface area contributed by atoms with Crippen LogP contribution in [-0.4, -0.2) is 57.5 Å². The van der Waals surface area contributed by atoms with Gasteiger partial charge in [0.15, 0.2) is 6.61 Å². The van der Waals surface area contributed by atoms with Crippen molar-refractivity contribution in [3.8, 4) is 0 Å². The number of sulfonamides is 1. The SMILES string of the molecule is CCOCC(=O)OCC(=O)Nc1cc(S(=O)(=O)N2CCCCC2)ccc1C. The Morgan fingerprint density at radius 1 is 1.15 bits per heavy atom. The molecule has 27 heavy (non-hydrogen) atoms. The Balaban J connectivity index is 2.04. The molecule has 1 N–H and O–H groups in total. The minimum Gasteiger partial charge on any atom is -0.454 e. The third-order valence-corrected chi connectivity index (χ3v) is 6.12. The Morgan fingerprint density at radius 3 is 2.52 bits per heavy atom. The Labute approximate surface area is 159 Å². The second-order valence-corrected chi connectivity index (χ2v) is 8.23. The molecule has 1 aliphatic rings. The fraction of sp³-hybridized carbons (Fsp3) is 0.556. The van der Waals surface area contributed by atoms with Gasteiger partial charge in [-0.1, -0.05) is 12.5 Å². The molecule has 0 unspecified atom stereocenters. The highest BCUT2D eigenvalue weighted by molar-refractivity contribution is 7.89. The molecule has 9 heteroatoms. The first-order valence-electron chi connectivity index (χ1n) is 8.98. The summed E-state index contributed by atoms with van der Waals surface area (Å²) in [5.41, 5.74) is 1.08. The molecular formula is C18H26N2O6S. The highest BCUT2D eigenvalue weighted by Gasteiger charge is 2.26. The number of ether oxygens (including phenoxy) is 2. The molecule has 1 aromatic rings. The molecule has 1 amide bonds. The smallest absolute Gasteiger partial charge is 0.332 e. The molecule has 1 aliphatic heterocycles. The van der Waals surface area contributed by atoms with E-state index in [4.69, 9.17) is 9.47 Å². The van der Waals surface area contributed by atoms with E-state index >= 15 is 0 Å². The maximum atomic E-state index is 12.8. The Bertz CT molecular complexity index is 772. The zero-order valence-corrected chi connectivity index (χ0v) is 16.5. The maximum absolute atomic E-state index is 12.8. The number of rotatable bonds is 8. The van der Waals surface area contributed by atoms with Gasteiger partial charge in [-0.15, -0.1) is 0 Å². The second kappa shape index (κ2) is 9.82. The van der Waals surface area contributed by atoms with Crippen molar-refractivity contribution in [3.05, 3.63) is 23.8 Å². The van der Waals surface area contributed by atoms with Gasteiger partial charge < -0.3 is 14.8 Å². The minimum atomic E-state index is -3.59. The van der Waals surface area contributed by atoms with Crippen molar-refractivity contribution in [1.29, 1.82) is 0 Å². The fourth-order valence-corrected chi connectivity index (χ4v) is 4.25. The molecule has 1 heterocycles. The predicted molar refractivity (Wildman–Crippen MR) is 99.9 cm³/mol. The number of carbonyl (C=O) groups excluding carboxylic acids is 2. The predicted octanol–water partition coefficient (Wildman–Crippen LogP) is 1.69. The van der Waals surface area contributed by atoms with Crippen LogP contribution in [0, 0.1) is 6.92 Å². The van der Waals surface area contributed by atoms with Crippen molar-refractivity contribution in [3.63, 3.8) is 0 Å². The van der Waals surface area contributed by atoms with E-state index in [1.165, 1.54) is 16.4 Å². The van der Waals surface area contributed by atoms with Gasteiger partial charge in [0.25, 0.3) is 5.91 Å². The van der Waals surface area contributed by atoms with Crippen molar-refractivity contribution < 1.29 is 27.5 Å². The molecule has 150 valence electrons. The van der Waals surface area contributed by atoms with Gasteiger partial charge in [0, 0.05) is 25.4 Å². The summed E-state index contributed by atoms with van der Waals surface area (Å²) in [6.45, 7) is 4.21. The molecule has 0 atom stereocenters. The Morgan fingerprint density at radius 2 is 1.85 bits per heavy atom. The van der Waals surface area contributed by atoms with Crippen LogP contribution in [0.5, 0.6) is 0 Å². The quantitative estimate of drug-likeness (QED) is 0.669. The number of aryl methyl sites for hydroxylation is 1. The molecule has 0 aromatic heterocycles. The number of hydrogen-bond donors (Lipinski definition) is 1. The average molecular weight is 398 g/mol. The van der Waals surface area contributed by atoms with E-state index in [1.54, 1.807) is 19.9 Å². The maximum Gasteiger partial charge on any atom is 0.332 e. The van der Waals surface area contributed by atoms with Crippen molar-refractivity contribution in [2.45, 2.75) is 38.0 Å². The summed E-state index contributed by atoms with van der Waals surface area (Å²) in [4.78, 5) is 23.5. The van der Waals surface area contributed by atoms with Crippen LogP contribution in [-0.2, 0) is 29.1 Å². The summed E-state index contributed by atoms with van der Waals surface area (Å²) in [7, 11) is -3.59. The van der Waals surface area contributed by atoms with Gasteiger partial charge in [0.2, 0.25) is 10.0 Å². The van der Waals surface area contributed by atoms with Crippen LogP contribution >= 0.6 is 0 Å². The van der Waals surface area contributed by atoms with Gasteiger partial charge in [-0.3, -0.25) is 4.79 Å². The molecule has 0 saturated carbocycles. The number of carbonyl (C=O) groups is 2. The number of hydrogen-bond acceptors (Lipinski definition) is 6. The molecule has 0 radical (unpaired) electrons. The van der Waals surface area contributed by atoms with Crippen molar-refractivity contribution >= 4 is 27.6 Å². The van der Waals surface area contributed by atoms with Crippen molar-refractivity contribution in [2.75, 3.05) is 38.2 Å². The van der Waals surface area contributed by atoms with Gasteiger partial charge in [-0.2, -0.15) is 4.31 Å². The second-order valence-electron chi connectivity index (χ2n) is 6.29. The zero-order valence-electron chi connectivity index (χ0n) is 15.7. The summed E-state index contributed by atoms with van der Waals surface area (Å²) in [5, 5.41) is 2.60. The molecule has 8 nitrogen and oxygen atoms in total. The number of piperidine rings is 1. The van der Waals surface area contributed by atoms with Crippen LogP contribution in [0.2, 0.25) is 0 Å². The van der Waals surface area contributed by atoms with Crippen LogP contribution in [0.3, 0.4) is 0 Å².